The average molecular weight is 556 g/mol. The molecule has 0 spiro atoms. The Bertz CT molecular complexity index is 662. The molecule has 3 heteroatoms. The van der Waals surface area contributed by atoms with Crippen LogP contribution in [-0.4, -0.2) is 31.8 Å². The zero-order valence-corrected chi connectivity index (χ0v) is 27.0. The predicted octanol–water partition coefficient (Wildman–Crippen LogP) is 11.6. The van der Waals surface area contributed by atoms with Crippen LogP contribution in [0.4, 0.5) is 0 Å². The van der Waals surface area contributed by atoms with E-state index in [1.165, 1.54) is 103 Å². The zero-order valence-electron chi connectivity index (χ0n) is 27.0. The molecule has 1 aliphatic heterocycles. The molecular formula is C37H65NO2. The van der Waals surface area contributed by atoms with Gasteiger partial charge in [-0.2, -0.15) is 0 Å². The van der Waals surface area contributed by atoms with E-state index in [1.807, 2.05) is 0 Å². The van der Waals surface area contributed by atoms with Gasteiger partial charge in [-0.25, -0.2) is 0 Å². The Balaban J connectivity index is 2.24. The second-order valence-corrected chi connectivity index (χ2v) is 11.7. The maximum atomic E-state index is 6.29. The van der Waals surface area contributed by atoms with Crippen LogP contribution in [0.1, 0.15) is 149 Å². The lowest BCUT2D eigenvalue weighted by Gasteiger charge is -2.15. The minimum absolute atomic E-state index is 0.0941. The Morgan fingerprint density at radius 1 is 0.525 bits per heavy atom. The second kappa shape index (κ2) is 27.4. The van der Waals surface area contributed by atoms with Crippen molar-refractivity contribution in [3.8, 4) is 0 Å². The van der Waals surface area contributed by atoms with Crippen LogP contribution in [0.15, 0.2) is 60.1 Å². The van der Waals surface area contributed by atoms with E-state index in [2.05, 4.69) is 81.5 Å². The summed E-state index contributed by atoms with van der Waals surface area (Å²) in [4.78, 5) is 2.20. The van der Waals surface area contributed by atoms with Crippen molar-refractivity contribution in [3.63, 3.8) is 0 Å². The number of hydrogen-bond acceptors (Lipinski definition) is 3. The minimum atomic E-state index is -0.0941. The van der Waals surface area contributed by atoms with Gasteiger partial charge < -0.3 is 14.4 Å². The van der Waals surface area contributed by atoms with Crippen molar-refractivity contribution in [2.45, 2.75) is 155 Å². The van der Waals surface area contributed by atoms with Crippen molar-refractivity contribution in [2.24, 2.45) is 0 Å². The van der Waals surface area contributed by atoms with Crippen molar-refractivity contribution >= 4 is 0 Å². The van der Waals surface area contributed by atoms with E-state index in [1.54, 1.807) is 0 Å². The van der Waals surface area contributed by atoms with Gasteiger partial charge in [-0.1, -0.05) is 101 Å². The first-order valence-electron chi connectivity index (χ1n) is 17.0. The summed E-state index contributed by atoms with van der Waals surface area (Å²) in [6.07, 6.45) is 43.9. The summed E-state index contributed by atoms with van der Waals surface area (Å²) < 4.78 is 12.6. The van der Waals surface area contributed by atoms with E-state index in [0.29, 0.717) is 0 Å². The summed E-state index contributed by atoms with van der Waals surface area (Å²) in [5, 5.41) is 0. The monoisotopic (exact) mass is 556 g/mol. The van der Waals surface area contributed by atoms with E-state index in [0.717, 1.165) is 50.2 Å². The molecule has 0 aliphatic carbocycles. The molecule has 40 heavy (non-hydrogen) atoms. The molecule has 0 aromatic carbocycles. The standard InChI is InChI=1S/C37H65NO2/c1-5-7-9-11-13-15-17-19-21-23-25-27-29-31-35-36(40-37(39-35)33-34-38(3)4)32-30-28-26-24-22-20-18-16-14-12-10-8-6-2/h13-16,19-22,37H,5-12,17-18,23-34H2,1-4H3/b15-13-,16-14-,21-19-,22-20-. The molecule has 0 N–H and O–H groups in total. The lowest BCUT2D eigenvalue weighted by atomic mass is 10.1. The fourth-order valence-corrected chi connectivity index (χ4v) is 4.84. The van der Waals surface area contributed by atoms with Gasteiger partial charge in [-0.05, 0) is 91.1 Å². The first-order valence-corrected chi connectivity index (χ1v) is 17.0. The molecule has 0 saturated carbocycles. The molecule has 0 aromatic rings. The second-order valence-electron chi connectivity index (χ2n) is 11.7. The first-order chi connectivity index (χ1) is 19.7. The Morgan fingerprint density at radius 3 is 1.30 bits per heavy atom. The molecule has 0 amide bonds. The number of allylic oxidation sites excluding steroid dienone is 10. The average Bonchev–Trinajstić information content (AvgIpc) is 3.34. The third kappa shape index (κ3) is 22.0. The number of nitrogens with zero attached hydrogens (tertiary/aromatic N) is 1. The summed E-state index contributed by atoms with van der Waals surface area (Å²) in [5.41, 5.74) is 0. The summed E-state index contributed by atoms with van der Waals surface area (Å²) in [7, 11) is 4.22. The van der Waals surface area contributed by atoms with Gasteiger partial charge in [0.2, 0.25) is 6.29 Å². The Labute approximate surface area is 249 Å². The topological polar surface area (TPSA) is 21.7 Å². The fraction of sp³-hybridized carbons (Fsp3) is 0.730. The largest absolute Gasteiger partial charge is 0.456 e. The molecule has 0 aromatic heterocycles. The number of hydrogen-bond donors (Lipinski definition) is 0. The molecule has 230 valence electrons. The van der Waals surface area contributed by atoms with Gasteiger partial charge in [0.05, 0.1) is 0 Å². The number of ether oxygens (including phenoxy) is 2. The Hall–Kier alpha value is -1.74. The van der Waals surface area contributed by atoms with Crippen LogP contribution in [0.2, 0.25) is 0 Å². The number of unbranched alkanes of at least 4 members (excludes halogenated alkanes) is 12. The minimum Gasteiger partial charge on any atom is -0.456 e. The van der Waals surface area contributed by atoms with Crippen LogP contribution in [0.5, 0.6) is 0 Å². The van der Waals surface area contributed by atoms with E-state index >= 15 is 0 Å². The summed E-state index contributed by atoms with van der Waals surface area (Å²) in [5.74, 6) is 2.27. The van der Waals surface area contributed by atoms with Crippen LogP contribution in [0.3, 0.4) is 0 Å². The van der Waals surface area contributed by atoms with Crippen LogP contribution in [0, 0.1) is 0 Å². The Kier molecular flexibility index (Phi) is 24.9. The molecule has 0 bridgehead atoms. The van der Waals surface area contributed by atoms with Crippen molar-refractivity contribution in [3.05, 3.63) is 60.1 Å². The van der Waals surface area contributed by atoms with Gasteiger partial charge in [-0.3, -0.25) is 0 Å². The van der Waals surface area contributed by atoms with Crippen molar-refractivity contribution in [1.82, 2.24) is 4.90 Å². The molecule has 0 radical (unpaired) electrons. The lowest BCUT2D eigenvalue weighted by molar-refractivity contribution is -0.0502. The molecule has 1 heterocycles. The van der Waals surface area contributed by atoms with Crippen LogP contribution >= 0.6 is 0 Å². The van der Waals surface area contributed by atoms with Gasteiger partial charge in [0.15, 0.2) is 0 Å². The lowest BCUT2D eigenvalue weighted by Crippen LogP contribution is -2.20. The van der Waals surface area contributed by atoms with Gasteiger partial charge in [0, 0.05) is 25.8 Å². The third-order valence-corrected chi connectivity index (χ3v) is 7.38. The van der Waals surface area contributed by atoms with Gasteiger partial charge in [0.25, 0.3) is 0 Å². The van der Waals surface area contributed by atoms with Gasteiger partial charge >= 0.3 is 0 Å². The molecule has 0 atom stereocenters. The van der Waals surface area contributed by atoms with Crippen molar-refractivity contribution < 1.29 is 9.47 Å². The highest BCUT2D eigenvalue weighted by molar-refractivity contribution is 5.06. The predicted molar refractivity (Wildman–Crippen MR) is 176 cm³/mol. The van der Waals surface area contributed by atoms with Crippen molar-refractivity contribution in [2.75, 3.05) is 20.6 Å². The molecule has 0 saturated heterocycles. The maximum Gasteiger partial charge on any atom is 0.241 e. The molecule has 0 unspecified atom stereocenters. The van der Waals surface area contributed by atoms with E-state index in [-0.39, 0.29) is 6.29 Å². The van der Waals surface area contributed by atoms with E-state index in [4.69, 9.17) is 9.47 Å². The van der Waals surface area contributed by atoms with Gasteiger partial charge in [-0.15, -0.1) is 0 Å². The SMILES string of the molecule is CCCCC/C=C\C/C=C\CCCCCC1=C(CCCCC/C=C\C/C=C\CCCCC)OC(CCN(C)C)O1. The normalized spacial score (nSPS) is 14.7. The Morgan fingerprint density at radius 2 is 0.925 bits per heavy atom. The molecule has 0 fully saturated rings. The highest BCUT2D eigenvalue weighted by atomic mass is 16.7. The number of rotatable bonds is 27. The van der Waals surface area contributed by atoms with Crippen molar-refractivity contribution in [1.29, 1.82) is 0 Å². The highest BCUT2D eigenvalue weighted by Gasteiger charge is 2.26. The van der Waals surface area contributed by atoms with E-state index in [9.17, 15) is 0 Å². The maximum absolute atomic E-state index is 6.29. The highest BCUT2D eigenvalue weighted by Crippen LogP contribution is 2.31. The fourth-order valence-electron chi connectivity index (χ4n) is 4.84. The smallest absolute Gasteiger partial charge is 0.241 e. The third-order valence-electron chi connectivity index (χ3n) is 7.38. The summed E-state index contributed by atoms with van der Waals surface area (Å²) >= 11 is 0. The zero-order chi connectivity index (χ0) is 28.9. The summed E-state index contributed by atoms with van der Waals surface area (Å²) in [6.45, 7) is 5.52. The quantitative estimate of drug-likeness (QED) is 0.0743. The summed E-state index contributed by atoms with van der Waals surface area (Å²) in [6, 6.07) is 0. The van der Waals surface area contributed by atoms with Crippen LogP contribution in [0.25, 0.3) is 0 Å². The van der Waals surface area contributed by atoms with Gasteiger partial charge in [0.1, 0.15) is 11.5 Å². The molecular weight excluding hydrogens is 490 g/mol. The van der Waals surface area contributed by atoms with Crippen LogP contribution < -0.4 is 0 Å². The van der Waals surface area contributed by atoms with Crippen LogP contribution in [-0.2, 0) is 9.47 Å². The van der Waals surface area contributed by atoms with E-state index < -0.39 is 0 Å². The molecule has 1 rings (SSSR count). The first kappa shape index (κ1) is 36.3. The molecule has 1 aliphatic rings. The molecule has 3 nitrogen and oxygen atoms in total.